The number of pyridine rings is 1. The fraction of sp³-hybridized carbons (Fsp3) is 0.188. The Labute approximate surface area is 121 Å². The van der Waals surface area contributed by atoms with Gasteiger partial charge in [0.2, 0.25) is 5.78 Å². The van der Waals surface area contributed by atoms with Gasteiger partial charge in [-0.2, -0.15) is 0 Å². The molecule has 0 aliphatic heterocycles. The first-order chi connectivity index (χ1) is 10.2. The third kappa shape index (κ3) is 4.39. The molecule has 5 heteroatoms. The third-order valence-electron chi connectivity index (χ3n) is 2.60. The van der Waals surface area contributed by atoms with E-state index in [1.165, 1.54) is 24.4 Å². The number of allylic oxidation sites excluding steroid dienone is 4. The van der Waals surface area contributed by atoms with Crippen molar-refractivity contribution in [3.63, 3.8) is 0 Å². The molecule has 1 heterocycles. The number of Topliss-reactive ketones (excluding diaryl/α,β-unsaturated/α-hetero) is 1. The molecule has 21 heavy (non-hydrogen) atoms. The molecule has 0 N–H and O–H groups in total. The van der Waals surface area contributed by atoms with Crippen LogP contribution in [-0.4, -0.2) is 16.7 Å². The zero-order valence-electron chi connectivity index (χ0n) is 11.1. The summed E-state index contributed by atoms with van der Waals surface area (Å²) in [5.41, 5.74) is 0.0428. The van der Waals surface area contributed by atoms with Crippen LogP contribution in [0.25, 0.3) is 0 Å². The number of halogens is 1. The summed E-state index contributed by atoms with van der Waals surface area (Å²) in [5.74, 6) is 3.97. The average Bonchev–Trinajstić information content (AvgIpc) is 2.48. The number of rotatable bonds is 3. The first kappa shape index (κ1) is 14.7. The SMILES string of the molecule is O=C(CCC#Cc1ncccc1F)OC1=CC=CCC1=O. The highest BCUT2D eigenvalue weighted by Gasteiger charge is 2.15. The van der Waals surface area contributed by atoms with Crippen molar-refractivity contribution >= 4 is 11.8 Å². The van der Waals surface area contributed by atoms with Gasteiger partial charge >= 0.3 is 5.97 Å². The van der Waals surface area contributed by atoms with E-state index in [1.54, 1.807) is 12.2 Å². The molecule has 2 rings (SSSR count). The molecule has 1 aliphatic rings. The summed E-state index contributed by atoms with van der Waals surface area (Å²) in [5, 5.41) is 0. The van der Waals surface area contributed by atoms with Gasteiger partial charge in [0.1, 0.15) is 5.69 Å². The maximum Gasteiger partial charge on any atom is 0.312 e. The normalized spacial score (nSPS) is 13.2. The van der Waals surface area contributed by atoms with Gasteiger partial charge in [0.05, 0.1) is 6.42 Å². The number of carbonyl (C=O) groups excluding carboxylic acids is 2. The maximum absolute atomic E-state index is 13.2. The van der Waals surface area contributed by atoms with Crippen molar-refractivity contribution in [3.05, 3.63) is 53.8 Å². The van der Waals surface area contributed by atoms with Gasteiger partial charge in [-0.15, -0.1) is 0 Å². The number of ether oxygens (including phenoxy) is 1. The van der Waals surface area contributed by atoms with Crippen molar-refractivity contribution in [2.75, 3.05) is 0 Å². The highest BCUT2D eigenvalue weighted by atomic mass is 19.1. The van der Waals surface area contributed by atoms with Crippen LogP contribution in [0.3, 0.4) is 0 Å². The second-order valence-corrected chi connectivity index (χ2v) is 4.20. The number of aromatic nitrogens is 1. The first-order valence-corrected chi connectivity index (χ1v) is 6.37. The smallest absolute Gasteiger partial charge is 0.312 e. The van der Waals surface area contributed by atoms with Gasteiger partial charge < -0.3 is 4.74 Å². The molecule has 4 nitrogen and oxygen atoms in total. The van der Waals surface area contributed by atoms with E-state index in [9.17, 15) is 14.0 Å². The minimum Gasteiger partial charge on any atom is -0.423 e. The van der Waals surface area contributed by atoms with E-state index in [2.05, 4.69) is 16.8 Å². The fourth-order valence-electron chi connectivity index (χ4n) is 1.58. The minimum absolute atomic E-state index is 0.0236. The molecule has 0 unspecified atom stereocenters. The standard InChI is InChI=1S/C16H12FNO3/c17-12-6-5-11-18-13(12)7-1-4-10-16(20)21-15-9-3-2-8-14(15)19/h2-3,5-6,9,11H,4,8,10H2. The lowest BCUT2D eigenvalue weighted by Gasteiger charge is -2.07. The van der Waals surface area contributed by atoms with Gasteiger partial charge in [0.15, 0.2) is 11.6 Å². The monoisotopic (exact) mass is 285 g/mol. The number of nitrogens with zero attached hydrogens (tertiary/aromatic N) is 1. The molecule has 0 spiro atoms. The van der Waals surface area contributed by atoms with Gasteiger partial charge in [-0.25, -0.2) is 9.37 Å². The molecular weight excluding hydrogens is 273 g/mol. The van der Waals surface area contributed by atoms with E-state index in [-0.39, 0.29) is 36.5 Å². The summed E-state index contributed by atoms with van der Waals surface area (Å²) in [7, 11) is 0. The van der Waals surface area contributed by atoms with Crippen LogP contribution in [0.15, 0.2) is 42.3 Å². The molecule has 0 radical (unpaired) electrons. The van der Waals surface area contributed by atoms with Gasteiger partial charge in [-0.1, -0.05) is 18.1 Å². The Kier molecular flexibility index (Phi) is 4.99. The van der Waals surface area contributed by atoms with Gasteiger partial charge in [-0.05, 0) is 24.1 Å². The van der Waals surface area contributed by atoms with Crippen LogP contribution in [0.5, 0.6) is 0 Å². The number of hydrogen-bond donors (Lipinski definition) is 0. The zero-order chi connectivity index (χ0) is 15.1. The van der Waals surface area contributed by atoms with Crippen LogP contribution >= 0.6 is 0 Å². The second-order valence-electron chi connectivity index (χ2n) is 4.20. The van der Waals surface area contributed by atoms with Crippen LogP contribution in [0.4, 0.5) is 4.39 Å². The van der Waals surface area contributed by atoms with Crippen molar-refractivity contribution in [1.82, 2.24) is 4.98 Å². The Morgan fingerprint density at radius 2 is 2.33 bits per heavy atom. The molecular formula is C16H12FNO3. The largest absolute Gasteiger partial charge is 0.423 e. The summed E-state index contributed by atoms with van der Waals surface area (Å²) in [4.78, 5) is 26.7. The average molecular weight is 285 g/mol. The van der Waals surface area contributed by atoms with Crippen LogP contribution in [0.1, 0.15) is 25.0 Å². The Morgan fingerprint density at radius 1 is 1.48 bits per heavy atom. The molecule has 0 aromatic carbocycles. The van der Waals surface area contributed by atoms with E-state index >= 15 is 0 Å². The molecule has 0 bridgehead atoms. The second kappa shape index (κ2) is 7.15. The Hall–Kier alpha value is -2.74. The van der Waals surface area contributed by atoms with Gasteiger partial charge in [0.25, 0.3) is 0 Å². The topological polar surface area (TPSA) is 56.3 Å². The molecule has 0 saturated carbocycles. The van der Waals surface area contributed by atoms with Gasteiger partial charge in [-0.3, -0.25) is 9.59 Å². The fourth-order valence-corrected chi connectivity index (χ4v) is 1.58. The summed E-state index contributed by atoms with van der Waals surface area (Å²) in [6, 6.07) is 2.74. The molecule has 0 saturated heterocycles. The van der Waals surface area contributed by atoms with Crippen molar-refractivity contribution in [2.45, 2.75) is 19.3 Å². The lowest BCUT2D eigenvalue weighted by atomic mass is 10.1. The van der Waals surface area contributed by atoms with E-state index in [0.717, 1.165) is 0 Å². The highest BCUT2D eigenvalue weighted by molar-refractivity contribution is 5.97. The molecule has 0 atom stereocenters. The zero-order valence-corrected chi connectivity index (χ0v) is 11.1. The Morgan fingerprint density at radius 3 is 3.10 bits per heavy atom. The van der Waals surface area contributed by atoms with E-state index in [1.807, 2.05) is 0 Å². The van der Waals surface area contributed by atoms with Crippen LogP contribution < -0.4 is 0 Å². The summed E-state index contributed by atoms with van der Waals surface area (Å²) < 4.78 is 18.2. The molecule has 106 valence electrons. The van der Waals surface area contributed by atoms with Gasteiger partial charge in [0, 0.05) is 19.0 Å². The number of hydrogen-bond acceptors (Lipinski definition) is 4. The van der Waals surface area contributed by atoms with Crippen molar-refractivity contribution in [3.8, 4) is 11.8 Å². The molecule has 0 amide bonds. The van der Waals surface area contributed by atoms with E-state index < -0.39 is 11.8 Å². The lowest BCUT2D eigenvalue weighted by molar-refractivity contribution is -0.142. The predicted molar refractivity (Wildman–Crippen MR) is 73.2 cm³/mol. The molecule has 1 aromatic heterocycles. The Balaban J connectivity index is 1.83. The summed E-state index contributed by atoms with van der Waals surface area (Å²) >= 11 is 0. The maximum atomic E-state index is 13.2. The number of esters is 1. The highest BCUT2D eigenvalue weighted by Crippen LogP contribution is 2.10. The quantitative estimate of drug-likeness (QED) is 0.631. The van der Waals surface area contributed by atoms with Crippen molar-refractivity contribution in [1.29, 1.82) is 0 Å². The van der Waals surface area contributed by atoms with Crippen LogP contribution in [0.2, 0.25) is 0 Å². The first-order valence-electron chi connectivity index (χ1n) is 6.37. The number of ketones is 1. The van der Waals surface area contributed by atoms with E-state index in [0.29, 0.717) is 0 Å². The van der Waals surface area contributed by atoms with E-state index in [4.69, 9.17) is 4.74 Å². The summed E-state index contributed by atoms with van der Waals surface area (Å²) in [6.45, 7) is 0. The Bertz CT molecular complexity index is 680. The molecule has 1 aromatic rings. The predicted octanol–water partition coefficient (Wildman–Crippen LogP) is 2.31. The molecule has 1 aliphatic carbocycles. The van der Waals surface area contributed by atoms with Crippen LogP contribution in [-0.2, 0) is 14.3 Å². The minimum atomic E-state index is -0.541. The third-order valence-corrected chi connectivity index (χ3v) is 2.60. The van der Waals surface area contributed by atoms with Crippen molar-refractivity contribution < 1.29 is 18.7 Å². The van der Waals surface area contributed by atoms with Crippen LogP contribution in [0, 0.1) is 17.7 Å². The lowest BCUT2D eigenvalue weighted by Crippen LogP contribution is -2.12. The van der Waals surface area contributed by atoms with Crippen molar-refractivity contribution in [2.24, 2.45) is 0 Å². The summed E-state index contributed by atoms with van der Waals surface area (Å²) in [6.07, 6.45) is 6.70. The number of carbonyl (C=O) groups is 2. The molecule has 0 fully saturated rings.